The lowest BCUT2D eigenvalue weighted by Crippen LogP contribution is -2.32. The Bertz CT molecular complexity index is 627. The minimum Gasteiger partial charge on any atom is -0.393 e. The average molecular weight is 316 g/mol. The molecule has 0 saturated heterocycles. The van der Waals surface area contributed by atoms with E-state index >= 15 is 0 Å². The molecule has 2 unspecified atom stereocenters. The van der Waals surface area contributed by atoms with E-state index < -0.39 is 0 Å². The maximum atomic E-state index is 12.2. The van der Waals surface area contributed by atoms with Gasteiger partial charge in [-0.2, -0.15) is 0 Å². The Labute approximate surface area is 134 Å². The van der Waals surface area contributed by atoms with Crippen molar-refractivity contribution < 1.29 is 9.90 Å². The number of hydrogen-bond acceptors (Lipinski definition) is 4. The molecule has 2 N–H and O–H groups in total. The Morgan fingerprint density at radius 1 is 1.32 bits per heavy atom. The molecular formula is C17H20N2O2S. The van der Waals surface area contributed by atoms with Crippen LogP contribution in [0.3, 0.4) is 0 Å². The molecule has 1 aromatic carbocycles. The molecule has 1 amide bonds. The lowest BCUT2D eigenvalue weighted by molar-refractivity contribution is 0.0876. The summed E-state index contributed by atoms with van der Waals surface area (Å²) in [6, 6.07) is 9.87. The fourth-order valence-corrected chi connectivity index (χ4v) is 3.70. The van der Waals surface area contributed by atoms with E-state index in [1.54, 1.807) is 6.20 Å². The second kappa shape index (κ2) is 7.03. The zero-order valence-electron chi connectivity index (χ0n) is 12.4. The number of carbonyl (C=O) groups is 1. The van der Waals surface area contributed by atoms with E-state index in [1.165, 1.54) is 11.3 Å². The standard InChI is InChI=1S/C17H20N2O2S/c20-14-8-4-5-12(9-14)10-18-16(21)15-11-19-17(22-15)13-6-2-1-3-7-13/h1-3,6-7,11-12,14,20H,4-5,8-10H2,(H,18,21). The number of nitrogens with zero attached hydrogens (tertiary/aromatic N) is 1. The van der Waals surface area contributed by atoms with Crippen LogP contribution < -0.4 is 5.32 Å². The highest BCUT2D eigenvalue weighted by Gasteiger charge is 2.21. The third-order valence-corrected chi connectivity index (χ3v) is 5.10. The highest BCUT2D eigenvalue weighted by Crippen LogP contribution is 2.26. The molecule has 1 aromatic heterocycles. The van der Waals surface area contributed by atoms with Crippen LogP contribution >= 0.6 is 11.3 Å². The van der Waals surface area contributed by atoms with Gasteiger partial charge in [0.1, 0.15) is 9.88 Å². The van der Waals surface area contributed by atoms with Gasteiger partial charge in [-0.1, -0.05) is 36.8 Å². The van der Waals surface area contributed by atoms with E-state index in [0.29, 0.717) is 17.3 Å². The molecule has 0 bridgehead atoms. The molecule has 1 heterocycles. The molecule has 2 aromatic rings. The Morgan fingerprint density at radius 2 is 2.14 bits per heavy atom. The molecule has 1 fully saturated rings. The van der Waals surface area contributed by atoms with Gasteiger partial charge in [-0.05, 0) is 25.2 Å². The van der Waals surface area contributed by atoms with Gasteiger partial charge in [0.2, 0.25) is 0 Å². The highest BCUT2D eigenvalue weighted by molar-refractivity contribution is 7.16. The van der Waals surface area contributed by atoms with Gasteiger partial charge in [0.05, 0.1) is 12.3 Å². The van der Waals surface area contributed by atoms with Crippen LogP contribution in [0.5, 0.6) is 0 Å². The van der Waals surface area contributed by atoms with Gasteiger partial charge in [0.25, 0.3) is 5.91 Å². The van der Waals surface area contributed by atoms with Crippen LogP contribution in [0, 0.1) is 5.92 Å². The molecule has 1 aliphatic rings. The maximum Gasteiger partial charge on any atom is 0.263 e. The van der Waals surface area contributed by atoms with Gasteiger partial charge in [0.15, 0.2) is 0 Å². The molecule has 1 aliphatic carbocycles. The van der Waals surface area contributed by atoms with Crippen LogP contribution in [-0.2, 0) is 0 Å². The smallest absolute Gasteiger partial charge is 0.263 e. The predicted molar refractivity (Wildman–Crippen MR) is 87.8 cm³/mol. The van der Waals surface area contributed by atoms with E-state index in [9.17, 15) is 9.90 Å². The van der Waals surface area contributed by atoms with Gasteiger partial charge >= 0.3 is 0 Å². The van der Waals surface area contributed by atoms with Crippen molar-refractivity contribution in [2.24, 2.45) is 5.92 Å². The lowest BCUT2D eigenvalue weighted by Gasteiger charge is -2.25. The van der Waals surface area contributed by atoms with E-state index in [-0.39, 0.29) is 12.0 Å². The summed E-state index contributed by atoms with van der Waals surface area (Å²) in [6.45, 7) is 0.633. The first-order valence-corrected chi connectivity index (χ1v) is 8.51. The first kappa shape index (κ1) is 15.2. The number of thiazole rings is 1. The number of aliphatic hydroxyl groups excluding tert-OH is 1. The number of aromatic nitrogens is 1. The van der Waals surface area contributed by atoms with Gasteiger partial charge in [-0.25, -0.2) is 4.98 Å². The number of benzene rings is 1. The number of amides is 1. The van der Waals surface area contributed by atoms with E-state index in [0.717, 1.165) is 36.3 Å². The summed E-state index contributed by atoms with van der Waals surface area (Å²) in [7, 11) is 0. The maximum absolute atomic E-state index is 12.2. The van der Waals surface area contributed by atoms with Crippen molar-refractivity contribution in [2.45, 2.75) is 31.8 Å². The van der Waals surface area contributed by atoms with E-state index in [1.807, 2.05) is 30.3 Å². The third kappa shape index (κ3) is 3.72. The van der Waals surface area contributed by atoms with Crippen molar-refractivity contribution in [1.29, 1.82) is 0 Å². The monoisotopic (exact) mass is 316 g/mol. The van der Waals surface area contributed by atoms with Gasteiger partial charge in [-0.3, -0.25) is 4.79 Å². The van der Waals surface area contributed by atoms with Crippen molar-refractivity contribution in [3.63, 3.8) is 0 Å². The largest absolute Gasteiger partial charge is 0.393 e. The first-order chi connectivity index (χ1) is 10.7. The summed E-state index contributed by atoms with van der Waals surface area (Å²) in [6.07, 6.45) is 5.23. The SMILES string of the molecule is O=C(NCC1CCCC(O)C1)c1cnc(-c2ccccc2)s1. The molecule has 116 valence electrons. The van der Waals surface area contributed by atoms with E-state index in [4.69, 9.17) is 0 Å². The Morgan fingerprint density at radius 3 is 2.91 bits per heavy atom. The topological polar surface area (TPSA) is 62.2 Å². The molecule has 0 spiro atoms. The minimum atomic E-state index is -0.205. The second-order valence-electron chi connectivity index (χ2n) is 5.79. The van der Waals surface area contributed by atoms with Crippen LogP contribution in [0.4, 0.5) is 0 Å². The molecule has 1 saturated carbocycles. The first-order valence-electron chi connectivity index (χ1n) is 7.70. The summed E-state index contributed by atoms with van der Waals surface area (Å²) in [5.74, 6) is 0.314. The number of nitrogens with one attached hydrogen (secondary N) is 1. The Balaban J connectivity index is 1.58. The molecule has 0 aliphatic heterocycles. The molecule has 2 atom stereocenters. The number of hydrogen-bond donors (Lipinski definition) is 2. The zero-order valence-corrected chi connectivity index (χ0v) is 13.2. The fourth-order valence-electron chi connectivity index (χ4n) is 2.87. The molecular weight excluding hydrogens is 296 g/mol. The predicted octanol–water partition coefficient (Wildman–Crippen LogP) is 3.09. The van der Waals surface area contributed by atoms with Crippen LogP contribution in [0.2, 0.25) is 0 Å². The van der Waals surface area contributed by atoms with Gasteiger partial charge in [-0.15, -0.1) is 11.3 Å². The number of aliphatic hydroxyl groups is 1. The summed E-state index contributed by atoms with van der Waals surface area (Å²) in [4.78, 5) is 17.2. The quantitative estimate of drug-likeness (QED) is 0.911. The van der Waals surface area contributed by atoms with Crippen molar-refractivity contribution in [3.05, 3.63) is 41.4 Å². The van der Waals surface area contributed by atoms with Crippen LogP contribution in [-0.4, -0.2) is 28.6 Å². The van der Waals surface area contributed by atoms with Crippen LogP contribution in [0.1, 0.15) is 35.4 Å². The molecule has 22 heavy (non-hydrogen) atoms. The molecule has 4 nitrogen and oxygen atoms in total. The van der Waals surface area contributed by atoms with Crippen molar-refractivity contribution in [3.8, 4) is 10.6 Å². The van der Waals surface area contributed by atoms with Crippen LogP contribution in [0.25, 0.3) is 10.6 Å². The molecule has 3 rings (SSSR count). The summed E-state index contributed by atoms with van der Waals surface area (Å²) in [5.41, 5.74) is 1.03. The lowest BCUT2D eigenvalue weighted by atomic mass is 9.87. The molecule has 5 heteroatoms. The van der Waals surface area contributed by atoms with Crippen molar-refractivity contribution in [2.75, 3.05) is 6.54 Å². The molecule has 0 radical (unpaired) electrons. The summed E-state index contributed by atoms with van der Waals surface area (Å²) in [5, 5.41) is 13.5. The number of carbonyl (C=O) groups excluding carboxylic acids is 1. The Kier molecular flexibility index (Phi) is 4.85. The number of rotatable bonds is 4. The average Bonchev–Trinajstić information content (AvgIpc) is 3.04. The summed E-state index contributed by atoms with van der Waals surface area (Å²) < 4.78 is 0. The van der Waals surface area contributed by atoms with E-state index in [2.05, 4.69) is 10.3 Å². The zero-order chi connectivity index (χ0) is 15.4. The Hall–Kier alpha value is -1.72. The normalized spacial score (nSPS) is 21.5. The van der Waals surface area contributed by atoms with Gasteiger partial charge < -0.3 is 10.4 Å². The highest BCUT2D eigenvalue weighted by atomic mass is 32.1. The van der Waals surface area contributed by atoms with Gasteiger partial charge in [0, 0.05) is 12.1 Å². The van der Waals surface area contributed by atoms with Crippen molar-refractivity contribution in [1.82, 2.24) is 10.3 Å². The third-order valence-electron chi connectivity index (χ3n) is 4.06. The van der Waals surface area contributed by atoms with Crippen molar-refractivity contribution >= 4 is 17.2 Å². The van der Waals surface area contributed by atoms with Crippen LogP contribution in [0.15, 0.2) is 36.5 Å². The summed E-state index contributed by atoms with van der Waals surface area (Å²) >= 11 is 1.41. The minimum absolute atomic E-state index is 0.0697. The fraction of sp³-hybridized carbons (Fsp3) is 0.412. The second-order valence-corrected chi connectivity index (χ2v) is 6.82.